The van der Waals surface area contributed by atoms with E-state index < -0.39 is 12.2 Å². The highest BCUT2D eigenvalue weighted by molar-refractivity contribution is 5.96. The molecule has 1 aromatic carbocycles. The average molecular weight is 217 g/mol. The van der Waals surface area contributed by atoms with Crippen molar-refractivity contribution in [2.45, 2.75) is 20.1 Å². The fraction of sp³-hybridized carbons (Fsp3) is 0.250. The summed E-state index contributed by atoms with van der Waals surface area (Å²) in [6, 6.07) is 1.55. The van der Waals surface area contributed by atoms with E-state index in [1.165, 1.54) is 0 Å². The number of benzene rings is 1. The molecule has 2 N–H and O–H groups in total. The Morgan fingerprint density at radius 3 is 2.69 bits per heavy atom. The molecule has 1 aliphatic heterocycles. The maximum absolute atomic E-state index is 11.2. The first-order chi connectivity index (χ1) is 7.54. The molecule has 16 heavy (non-hydrogen) atoms. The minimum absolute atomic E-state index is 0.365. The van der Waals surface area contributed by atoms with Crippen molar-refractivity contribution in [2.75, 3.05) is 0 Å². The number of rotatable bonds is 1. The van der Waals surface area contributed by atoms with Crippen LogP contribution in [-0.2, 0) is 0 Å². The van der Waals surface area contributed by atoms with Gasteiger partial charge in [-0.2, -0.15) is 0 Å². The molecule has 1 heterocycles. The number of carbonyl (C=O) groups excluding carboxylic acids is 1. The van der Waals surface area contributed by atoms with Crippen LogP contribution in [0, 0.1) is 19.3 Å². The van der Waals surface area contributed by atoms with E-state index >= 15 is 0 Å². The Morgan fingerprint density at radius 1 is 1.50 bits per heavy atom. The third kappa shape index (κ3) is 1.38. The first-order valence-corrected chi connectivity index (χ1v) is 4.82. The lowest BCUT2D eigenvalue weighted by Gasteiger charge is -2.07. The molecule has 0 fully saturated rings. The van der Waals surface area contributed by atoms with E-state index in [0.717, 1.165) is 0 Å². The number of hydrogen-bond donors (Lipinski definition) is 1. The third-order valence-corrected chi connectivity index (χ3v) is 2.47. The Kier molecular flexibility index (Phi) is 2.24. The number of hydrogen-bond acceptors (Lipinski definition) is 3. The third-order valence-electron chi connectivity index (χ3n) is 2.47. The number of carbonyl (C=O) groups is 1. The summed E-state index contributed by atoms with van der Waals surface area (Å²) >= 11 is 0. The molecule has 0 aliphatic carbocycles. The molecule has 1 atom stereocenters. The van der Waals surface area contributed by atoms with E-state index in [-0.39, 0.29) is 0 Å². The predicted octanol–water partition coefficient (Wildman–Crippen LogP) is 1.19. The van der Waals surface area contributed by atoms with Crippen LogP contribution in [0.5, 0.6) is 11.5 Å². The minimum Gasteiger partial charge on any atom is -0.451 e. The van der Waals surface area contributed by atoms with Crippen LogP contribution in [0.2, 0.25) is 0 Å². The largest absolute Gasteiger partial charge is 0.451 e. The van der Waals surface area contributed by atoms with E-state index in [4.69, 9.17) is 21.6 Å². The average Bonchev–Trinajstić information content (AvgIpc) is 2.60. The Labute approximate surface area is 93.3 Å². The van der Waals surface area contributed by atoms with Gasteiger partial charge in [0.1, 0.15) is 0 Å². The van der Waals surface area contributed by atoms with Crippen LogP contribution in [0.3, 0.4) is 0 Å². The first kappa shape index (κ1) is 10.4. The van der Waals surface area contributed by atoms with E-state index in [1.807, 2.05) is 0 Å². The van der Waals surface area contributed by atoms with E-state index in [1.54, 1.807) is 19.9 Å². The maximum atomic E-state index is 11.2. The van der Waals surface area contributed by atoms with Gasteiger partial charge in [-0.05, 0) is 13.0 Å². The van der Waals surface area contributed by atoms with Crippen LogP contribution in [0.15, 0.2) is 6.07 Å². The molecule has 0 bridgehead atoms. The van der Waals surface area contributed by atoms with Crippen LogP contribution >= 0.6 is 0 Å². The van der Waals surface area contributed by atoms with Gasteiger partial charge in [0.15, 0.2) is 11.5 Å². The van der Waals surface area contributed by atoms with Crippen molar-refractivity contribution in [1.82, 2.24) is 0 Å². The summed E-state index contributed by atoms with van der Waals surface area (Å²) in [4.78, 5) is 11.2. The maximum Gasteiger partial charge on any atom is 0.249 e. The Bertz CT molecular complexity index is 514. The number of terminal acetylenes is 1. The van der Waals surface area contributed by atoms with Crippen molar-refractivity contribution in [1.29, 1.82) is 0 Å². The molecule has 0 saturated heterocycles. The molecule has 82 valence electrons. The van der Waals surface area contributed by atoms with E-state index in [0.29, 0.717) is 28.2 Å². The second-order valence-electron chi connectivity index (χ2n) is 3.57. The normalized spacial score (nSPS) is 16.9. The van der Waals surface area contributed by atoms with Gasteiger partial charge < -0.3 is 15.2 Å². The van der Waals surface area contributed by atoms with Gasteiger partial charge >= 0.3 is 0 Å². The summed E-state index contributed by atoms with van der Waals surface area (Å²) in [6.07, 6.45) is 4.95. The molecule has 1 aliphatic rings. The Hall–Kier alpha value is -2.15. The number of nitrogens with two attached hydrogens (primary N) is 1. The van der Waals surface area contributed by atoms with Crippen LogP contribution in [0.1, 0.15) is 28.4 Å². The standard InChI is InChI=1S/C12H11NO3/c1-4-8-5-9(12(13)14)6(2)10-11(8)16-7(3)15-10/h1,5,7H,2-3H3,(H2,13,14). The highest BCUT2D eigenvalue weighted by Gasteiger charge is 2.28. The quantitative estimate of drug-likeness (QED) is 0.719. The zero-order valence-corrected chi connectivity index (χ0v) is 9.03. The summed E-state index contributed by atoms with van der Waals surface area (Å²) in [7, 11) is 0. The van der Waals surface area contributed by atoms with Crippen molar-refractivity contribution < 1.29 is 14.3 Å². The van der Waals surface area contributed by atoms with Crippen LogP contribution in [-0.4, -0.2) is 12.2 Å². The molecule has 0 spiro atoms. The van der Waals surface area contributed by atoms with Gasteiger partial charge in [0.2, 0.25) is 12.2 Å². The van der Waals surface area contributed by atoms with Crippen molar-refractivity contribution in [3.8, 4) is 23.8 Å². The van der Waals surface area contributed by atoms with Gasteiger partial charge in [0.05, 0.1) is 5.56 Å². The molecule has 2 rings (SSSR count). The zero-order chi connectivity index (χ0) is 11.9. The molecule has 4 nitrogen and oxygen atoms in total. The van der Waals surface area contributed by atoms with Gasteiger partial charge in [-0.15, -0.1) is 6.42 Å². The molecule has 1 unspecified atom stereocenters. The smallest absolute Gasteiger partial charge is 0.249 e. The number of amides is 1. The van der Waals surface area contributed by atoms with Gasteiger partial charge in [-0.1, -0.05) is 5.92 Å². The SMILES string of the molecule is C#Cc1cc(C(N)=O)c(C)c2c1OC(C)O2. The van der Waals surface area contributed by atoms with Crippen LogP contribution in [0.4, 0.5) is 0 Å². The Morgan fingerprint density at radius 2 is 2.12 bits per heavy atom. The predicted molar refractivity (Wildman–Crippen MR) is 58.3 cm³/mol. The summed E-state index contributed by atoms with van der Waals surface area (Å²) in [5, 5.41) is 0. The zero-order valence-electron chi connectivity index (χ0n) is 9.03. The summed E-state index contributed by atoms with van der Waals surface area (Å²) in [5.74, 6) is 2.95. The second kappa shape index (κ2) is 3.46. The van der Waals surface area contributed by atoms with E-state index in [9.17, 15) is 4.79 Å². The van der Waals surface area contributed by atoms with Gasteiger partial charge in [0, 0.05) is 18.1 Å². The monoisotopic (exact) mass is 217 g/mol. The highest BCUT2D eigenvalue weighted by atomic mass is 16.7. The number of primary amides is 1. The lowest BCUT2D eigenvalue weighted by molar-refractivity contribution is 0.0673. The van der Waals surface area contributed by atoms with Crippen molar-refractivity contribution in [3.05, 3.63) is 22.8 Å². The van der Waals surface area contributed by atoms with Crippen molar-refractivity contribution >= 4 is 5.91 Å². The fourth-order valence-corrected chi connectivity index (χ4v) is 1.71. The first-order valence-electron chi connectivity index (χ1n) is 4.82. The number of fused-ring (bicyclic) bond motifs is 1. The fourth-order valence-electron chi connectivity index (χ4n) is 1.71. The molecule has 0 saturated carbocycles. The molecule has 1 amide bonds. The molecule has 0 radical (unpaired) electrons. The summed E-state index contributed by atoms with van der Waals surface area (Å²) < 4.78 is 10.9. The van der Waals surface area contributed by atoms with Gasteiger partial charge in [-0.3, -0.25) is 4.79 Å². The number of ether oxygens (including phenoxy) is 2. The lowest BCUT2D eigenvalue weighted by atomic mass is 10.0. The summed E-state index contributed by atoms with van der Waals surface area (Å²) in [6.45, 7) is 3.50. The second-order valence-corrected chi connectivity index (χ2v) is 3.57. The lowest BCUT2D eigenvalue weighted by Crippen LogP contribution is -2.13. The van der Waals surface area contributed by atoms with Crippen LogP contribution < -0.4 is 15.2 Å². The molecule has 0 aromatic heterocycles. The molecule has 4 heteroatoms. The summed E-state index contributed by atoms with van der Waals surface area (Å²) in [5.41, 5.74) is 6.77. The van der Waals surface area contributed by atoms with Crippen molar-refractivity contribution in [3.63, 3.8) is 0 Å². The minimum atomic E-state index is -0.528. The van der Waals surface area contributed by atoms with Crippen LogP contribution in [0.25, 0.3) is 0 Å². The molecular weight excluding hydrogens is 206 g/mol. The topological polar surface area (TPSA) is 61.6 Å². The van der Waals surface area contributed by atoms with Gasteiger partial charge in [-0.25, -0.2) is 0 Å². The molecule has 1 aromatic rings. The molecular formula is C12H11NO3. The highest BCUT2D eigenvalue weighted by Crippen LogP contribution is 2.41. The van der Waals surface area contributed by atoms with E-state index in [2.05, 4.69) is 5.92 Å². The van der Waals surface area contributed by atoms with Gasteiger partial charge in [0.25, 0.3) is 0 Å². The van der Waals surface area contributed by atoms with Crippen molar-refractivity contribution in [2.24, 2.45) is 5.73 Å². The Balaban J connectivity index is 2.70.